The van der Waals surface area contributed by atoms with Gasteiger partial charge in [-0.15, -0.1) is 0 Å². The maximum absolute atomic E-state index is 12.2. The third-order valence-corrected chi connectivity index (χ3v) is 5.44. The van der Waals surface area contributed by atoms with Gasteiger partial charge in [0.05, 0.1) is 19.9 Å². The van der Waals surface area contributed by atoms with Crippen LogP contribution in [0.2, 0.25) is 0 Å². The minimum absolute atomic E-state index is 0.127. The predicted molar refractivity (Wildman–Crippen MR) is 133 cm³/mol. The number of nitrogens with one attached hydrogen (secondary N) is 1. The van der Waals surface area contributed by atoms with Crippen LogP contribution in [0.1, 0.15) is 17.5 Å². The maximum Gasteiger partial charge on any atom is 0.254 e. The van der Waals surface area contributed by atoms with Gasteiger partial charge in [-0.1, -0.05) is 42.5 Å². The molecule has 0 aliphatic rings. The standard InChI is InChI=1S/C26H32N4O3/c1-29(18-20-9-12-22(33-3)13-10-20)15-6-16-30(2)19-26(32)28-27-17-24-23-8-5-4-7-21(23)11-14-25(24)31/h4-5,7-14,17,31H,6,15-16,18-19H2,1-3H3,(H,28,32)/b27-17+. The van der Waals surface area contributed by atoms with Gasteiger partial charge >= 0.3 is 0 Å². The van der Waals surface area contributed by atoms with Crippen molar-refractivity contribution in [3.05, 3.63) is 71.8 Å². The average molecular weight is 449 g/mol. The summed E-state index contributed by atoms with van der Waals surface area (Å²) in [5.41, 5.74) is 4.37. The zero-order valence-electron chi connectivity index (χ0n) is 19.5. The van der Waals surface area contributed by atoms with Crippen LogP contribution in [-0.2, 0) is 11.3 Å². The highest BCUT2D eigenvalue weighted by atomic mass is 16.5. The van der Waals surface area contributed by atoms with Crippen LogP contribution in [0, 0.1) is 0 Å². The fourth-order valence-corrected chi connectivity index (χ4v) is 3.68. The molecule has 3 aromatic carbocycles. The maximum atomic E-state index is 12.2. The number of methoxy groups -OCH3 is 1. The summed E-state index contributed by atoms with van der Waals surface area (Å²) in [6.07, 6.45) is 2.44. The van der Waals surface area contributed by atoms with Gasteiger partial charge in [0.25, 0.3) is 5.91 Å². The second-order valence-corrected chi connectivity index (χ2v) is 8.19. The number of fused-ring (bicyclic) bond motifs is 1. The minimum atomic E-state index is -0.194. The number of carbonyl (C=O) groups excluding carboxylic acids is 1. The van der Waals surface area contributed by atoms with Crippen LogP contribution in [0.5, 0.6) is 11.5 Å². The van der Waals surface area contributed by atoms with E-state index in [0.717, 1.165) is 42.6 Å². The van der Waals surface area contributed by atoms with E-state index in [4.69, 9.17) is 4.74 Å². The summed E-state index contributed by atoms with van der Waals surface area (Å²) in [7, 11) is 5.68. The quantitative estimate of drug-likeness (QED) is 0.347. The molecule has 0 fully saturated rings. The summed E-state index contributed by atoms with van der Waals surface area (Å²) in [5, 5.41) is 16.1. The first-order chi connectivity index (χ1) is 16.0. The Hall–Kier alpha value is -3.42. The fraction of sp³-hybridized carbons (Fsp3) is 0.308. The van der Waals surface area contributed by atoms with Gasteiger partial charge in [-0.3, -0.25) is 9.69 Å². The summed E-state index contributed by atoms with van der Waals surface area (Å²) in [6.45, 7) is 2.84. The number of hydrogen-bond acceptors (Lipinski definition) is 6. The third kappa shape index (κ3) is 7.30. The first-order valence-electron chi connectivity index (χ1n) is 11.0. The first kappa shape index (κ1) is 24.2. The molecule has 0 aliphatic carbocycles. The second kappa shape index (κ2) is 12.0. The topological polar surface area (TPSA) is 77.4 Å². The molecular weight excluding hydrogens is 416 g/mol. The van der Waals surface area contributed by atoms with Gasteiger partial charge in [0.15, 0.2) is 0 Å². The monoisotopic (exact) mass is 448 g/mol. The molecule has 7 nitrogen and oxygen atoms in total. The van der Waals surface area contributed by atoms with Crippen molar-refractivity contribution in [3.8, 4) is 11.5 Å². The lowest BCUT2D eigenvalue weighted by Crippen LogP contribution is -2.34. The molecule has 0 heterocycles. The Morgan fingerprint density at radius 3 is 2.52 bits per heavy atom. The van der Waals surface area contributed by atoms with Crippen molar-refractivity contribution in [1.82, 2.24) is 15.2 Å². The van der Waals surface area contributed by atoms with Crippen molar-refractivity contribution in [3.63, 3.8) is 0 Å². The lowest BCUT2D eigenvalue weighted by molar-refractivity contribution is -0.121. The summed E-state index contributed by atoms with van der Waals surface area (Å²) < 4.78 is 5.19. The zero-order valence-corrected chi connectivity index (χ0v) is 19.5. The average Bonchev–Trinajstić information content (AvgIpc) is 2.81. The number of hydrogen-bond donors (Lipinski definition) is 2. The molecule has 33 heavy (non-hydrogen) atoms. The lowest BCUT2D eigenvalue weighted by atomic mass is 10.0. The number of nitrogens with zero attached hydrogens (tertiary/aromatic N) is 3. The molecule has 3 aromatic rings. The van der Waals surface area contributed by atoms with Crippen molar-refractivity contribution >= 4 is 22.9 Å². The molecule has 0 aromatic heterocycles. The SMILES string of the molecule is COc1ccc(CN(C)CCCN(C)CC(=O)N/N=C/c2c(O)ccc3ccccc23)cc1. The van der Waals surface area contributed by atoms with Gasteiger partial charge in [-0.2, -0.15) is 5.10 Å². The van der Waals surface area contributed by atoms with E-state index in [2.05, 4.69) is 34.6 Å². The number of ether oxygens (including phenoxy) is 1. The number of likely N-dealkylation sites (N-methyl/N-ethyl adjacent to an activating group) is 1. The molecule has 7 heteroatoms. The van der Waals surface area contributed by atoms with Crippen molar-refractivity contribution in [2.24, 2.45) is 5.10 Å². The van der Waals surface area contributed by atoms with E-state index >= 15 is 0 Å². The molecule has 0 atom stereocenters. The molecule has 0 radical (unpaired) electrons. The Morgan fingerprint density at radius 2 is 1.76 bits per heavy atom. The zero-order chi connectivity index (χ0) is 23.6. The summed E-state index contributed by atoms with van der Waals surface area (Å²) in [4.78, 5) is 16.5. The van der Waals surface area contributed by atoms with E-state index in [1.807, 2.05) is 54.4 Å². The Labute approximate surface area is 195 Å². The molecule has 3 rings (SSSR count). The van der Waals surface area contributed by atoms with Crippen LogP contribution >= 0.6 is 0 Å². The fourth-order valence-electron chi connectivity index (χ4n) is 3.68. The van der Waals surface area contributed by atoms with E-state index in [-0.39, 0.29) is 18.2 Å². The molecular formula is C26H32N4O3. The summed E-state index contributed by atoms with van der Waals surface area (Å²) >= 11 is 0. The Kier molecular flexibility index (Phi) is 8.80. The summed E-state index contributed by atoms with van der Waals surface area (Å²) in [6, 6.07) is 19.3. The molecule has 174 valence electrons. The van der Waals surface area contributed by atoms with Gasteiger partial charge in [-0.25, -0.2) is 5.43 Å². The smallest absolute Gasteiger partial charge is 0.254 e. The highest BCUT2D eigenvalue weighted by molar-refractivity contribution is 6.02. The van der Waals surface area contributed by atoms with E-state index in [0.29, 0.717) is 5.56 Å². The van der Waals surface area contributed by atoms with Crippen LogP contribution < -0.4 is 10.2 Å². The van der Waals surface area contributed by atoms with Crippen LogP contribution in [0.3, 0.4) is 0 Å². The van der Waals surface area contributed by atoms with E-state index in [1.54, 1.807) is 13.2 Å². The van der Waals surface area contributed by atoms with Crippen molar-refractivity contribution < 1.29 is 14.6 Å². The highest BCUT2D eigenvalue weighted by Gasteiger charge is 2.08. The number of rotatable bonds is 11. The van der Waals surface area contributed by atoms with E-state index in [9.17, 15) is 9.90 Å². The third-order valence-electron chi connectivity index (χ3n) is 5.44. The number of carbonyl (C=O) groups is 1. The van der Waals surface area contributed by atoms with Crippen molar-refractivity contribution in [2.75, 3.05) is 40.8 Å². The Balaban J connectivity index is 1.39. The molecule has 0 spiro atoms. The Bertz CT molecular complexity index is 1080. The van der Waals surface area contributed by atoms with Crippen LogP contribution in [-0.4, -0.2) is 67.9 Å². The number of amides is 1. The van der Waals surface area contributed by atoms with Crippen LogP contribution in [0.4, 0.5) is 0 Å². The highest BCUT2D eigenvalue weighted by Crippen LogP contribution is 2.25. The molecule has 1 amide bonds. The van der Waals surface area contributed by atoms with Gasteiger partial charge in [0, 0.05) is 12.1 Å². The lowest BCUT2D eigenvalue weighted by Gasteiger charge is -2.20. The predicted octanol–water partition coefficient (Wildman–Crippen LogP) is 3.46. The van der Waals surface area contributed by atoms with Crippen LogP contribution in [0.15, 0.2) is 65.8 Å². The molecule has 0 aliphatic heterocycles. The summed E-state index contributed by atoms with van der Waals surface area (Å²) in [5.74, 6) is 0.794. The number of aromatic hydroxyl groups is 1. The molecule has 0 unspecified atom stereocenters. The molecule has 2 N–H and O–H groups in total. The van der Waals surface area contributed by atoms with Gasteiger partial charge in [0.2, 0.25) is 0 Å². The van der Waals surface area contributed by atoms with Crippen molar-refractivity contribution in [2.45, 2.75) is 13.0 Å². The molecule has 0 saturated carbocycles. The first-order valence-corrected chi connectivity index (χ1v) is 11.0. The van der Waals surface area contributed by atoms with E-state index < -0.39 is 0 Å². The van der Waals surface area contributed by atoms with Crippen LogP contribution in [0.25, 0.3) is 10.8 Å². The number of phenols is 1. The van der Waals surface area contributed by atoms with Gasteiger partial charge in [0.1, 0.15) is 11.5 Å². The number of hydrazone groups is 1. The normalized spacial score (nSPS) is 11.5. The van der Waals surface area contributed by atoms with Gasteiger partial charge < -0.3 is 14.7 Å². The van der Waals surface area contributed by atoms with E-state index in [1.165, 1.54) is 11.8 Å². The number of phenolic OH excluding ortho intramolecular Hbond substituents is 1. The largest absolute Gasteiger partial charge is 0.507 e. The van der Waals surface area contributed by atoms with Crippen molar-refractivity contribution in [1.29, 1.82) is 0 Å². The number of benzene rings is 3. The minimum Gasteiger partial charge on any atom is -0.507 e. The molecule has 0 saturated heterocycles. The van der Waals surface area contributed by atoms with Gasteiger partial charge in [-0.05, 0) is 68.1 Å². The second-order valence-electron chi connectivity index (χ2n) is 8.19. The molecule has 0 bridgehead atoms. The Morgan fingerprint density at radius 1 is 1.03 bits per heavy atom.